The first kappa shape index (κ1) is 14.2. The second kappa shape index (κ2) is 6.82. The number of rotatable bonds is 4. The summed E-state index contributed by atoms with van der Waals surface area (Å²) >= 11 is 3.31. The highest BCUT2D eigenvalue weighted by Gasteiger charge is 2.30. The Morgan fingerprint density at radius 2 is 2.11 bits per heavy atom. The van der Waals surface area contributed by atoms with E-state index in [0.717, 1.165) is 32.7 Å². The Hall–Kier alpha value is -0.200. The van der Waals surface area contributed by atoms with Gasteiger partial charge in [0.1, 0.15) is 0 Å². The molecule has 0 aromatic rings. The molecular weight excluding hydrogens is 268 g/mol. The first-order valence-corrected chi connectivity index (χ1v) is 8.43. The van der Waals surface area contributed by atoms with Gasteiger partial charge in [0.15, 0.2) is 5.12 Å². The lowest BCUT2D eigenvalue weighted by Gasteiger charge is -2.28. The average molecular weight is 288 g/mol. The fourth-order valence-electron chi connectivity index (χ4n) is 2.35. The Morgan fingerprint density at radius 1 is 1.39 bits per heavy atom. The van der Waals surface area contributed by atoms with Gasteiger partial charge in [0.2, 0.25) is 5.91 Å². The minimum absolute atomic E-state index is 0.114. The normalized spacial score (nSPS) is 25.7. The molecule has 1 unspecified atom stereocenters. The van der Waals surface area contributed by atoms with E-state index in [-0.39, 0.29) is 16.3 Å². The highest BCUT2D eigenvalue weighted by molar-refractivity contribution is 8.14. The van der Waals surface area contributed by atoms with Crippen LogP contribution in [0.25, 0.3) is 0 Å². The van der Waals surface area contributed by atoms with Crippen molar-refractivity contribution in [2.75, 3.05) is 44.2 Å². The van der Waals surface area contributed by atoms with Crippen LogP contribution in [0, 0.1) is 0 Å². The number of nitrogens with zero attached hydrogens (tertiary/aromatic N) is 2. The Bertz CT molecular complexity index is 319. The van der Waals surface area contributed by atoms with Crippen LogP contribution in [-0.4, -0.2) is 70.3 Å². The first-order valence-electron chi connectivity index (χ1n) is 6.40. The number of likely N-dealkylation sites (tertiary alicyclic amines) is 1. The molecule has 102 valence electrons. The molecule has 2 aliphatic rings. The Morgan fingerprint density at radius 3 is 2.78 bits per heavy atom. The maximum atomic E-state index is 11.8. The summed E-state index contributed by atoms with van der Waals surface area (Å²) in [6.45, 7) is 6.38. The van der Waals surface area contributed by atoms with E-state index in [2.05, 4.69) is 4.90 Å². The maximum Gasteiger partial charge on any atom is 0.223 e. The zero-order chi connectivity index (χ0) is 13.0. The summed E-state index contributed by atoms with van der Waals surface area (Å²) in [7, 11) is 0. The van der Waals surface area contributed by atoms with Gasteiger partial charge in [-0.25, -0.2) is 0 Å². The monoisotopic (exact) mass is 288 g/mol. The smallest absolute Gasteiger partial charge is 0.223 e. The molecule has 1 amide bonds. The Labute approximate surface area is 117 Å². The molecule has 0 radical (unpaired) electrons. The third-order valence-electron chi connectivity index (χ3n) is 3.30. The van der Waals surface area contributed by atoms with Crippen molar-refractivity contribution >= 4 is 34.5 Å². The van der Waals surface area contributed by atoms with E-state index >= 15 is 0 Å². The Kier molecular flexibility index (Phi) is 5.38. The van der Waals surface area contributed by atoms with Gasteiger partial charge in [-0.1, -0.05) is 11.8 Å². The van der Waals surface area contributed by atoms with Crippen LogP contribution in [0.1, 0.15) is 13.3 Å². The fraction of sp³-hybridized carbons (Fsp3) is 0.833. The van der Waals surface area contributed by atoms with Gasteiger partial charge in [-0.15, -0.1) is 0 Å². The molecule has 4 nitrogen and oxygen atoms in total. The second-order valence-corrected chi connectivity index (χ2v) is 7.43. The highest BCUT2D eigenvalue weighted by Crippen LogP contribution is 2.24. The fourth-order valence-corrected chi connectivity index (χ4v) is 4.28. The van der Waals surface area contributed by atoms with Gasteiger partial charge in [-0.2, -0.15) is 11.8 Å². The summed E-state index contributed by atoms with van der Waals surface area (Å²) in [6.07, 6.45) is 0.528. The molecule has 0 aliphatic carbocycles. The van der Waals surface area contributed by atoms with Gasteiger partial charge in [0, 0.05) is 62.8 Å². The molecule has 2 rings (SSSR count). The number of amides is 1. The van der Waals surface area contributed by atoms with Crippen molar-refractivity contribution in [3.05, 3.63) is 0 Å². The molecule has 0 N–H and O–H groups in total. The van der Waals surface area contributed by atoms with E-state index in [1.165, 1.54) is 23.3 Å². The number of hydrogen-bond acceptors (Lipinski definition) is 5. The van der Waals surface area contributed by atoms with Crippen molar-refractivity contribution in [1.82, 2.24) is 9.80 Å². The minimum atomic E-state index is 0.114. The van der Waals surface area contributed by atoms with E-state index in [0.29, 0.717) is 6.42 Å². The molecule has 6 heteroatoms. The van der Waals surface area contributed by atoms with E-state index in [9.17, 15) is 9.59 Å². The van der Waals surface area contributed by atoms with Crippen LogP contribution in [0.2, 0.25) is 0 Å². The topological polar surface area (TPSA) is 40.6 Å². The molecule has 1 atom stereocenters. The van der Waals surface area contributed by atoms with Crippen LogP contribution in [0.3, 0.4) is 0 Å². The largest absolute Gasteiger partial charge is 0.340 e. The van der Waals surface area contributed by atoms with Crippen molar-refractivity contribution in [1.29, 1.82) is 0 Å². The third-order valence-corrected chi connectivity index (χ3v) is 5.22. The van der Waals surface area contributed by atoms with E-state index < -0.39 is 0 Å². The van der Waals surface area contributed by atoms with E-state index in [1.54, 1.807) is 6.92 Å². The number of hydrogen-bond donors (Lipinski definition) is 0. The highest BCUT2D eigenvalue weighted by atomic mass is 32.2. The van der Waals surface area contributed by atoms with Gasteiger partial charge in [0.25, 0.3) is 0 Å². The number of thioether (sulfide) groups is 2. The summed E-state index contributed by atoms with van der Waals surface area (Å²) in [5.41, 5.74) is 0. The van der Waals surface area contributed by atoms with Crippen molar-refractivity contribution < 1.29 is 9.59 Å². The van der Waals surface area contributed by atoms with Crippen molar-refractivity contribution in [2.45, 2.75) is 18.6 Å². The first-order chi connectivity index (χ1) is 8.65. The number of carbonyl (C=O) groups is 2. The maximum absolute atomic E-state index is 11.8. The third kappa shape index (κ3) is 4.17. The molecule has 0 spiro atoms. The predicted octanol–water partition coefficient (Wildman–Crippen LogP) is 0.916. The molecule has 0 saturated carbocycles. The molecule has 2 aliphatic heterocycles. The van der Waals surface area contributed by atoms with Gasteiger partial charge < -0.3 is 4.90 Å². The molecule has 0 aromatic carbocycles. The van der Waals surface area contributed by atoms with Crippen molar-refractivity contribution in [3.8, 4) is 0 Å². The standard InChI is InChI=1S/C12H20N2O2S2/c1-10(15)18-11-8-12(16)14(9-11)3-2-13-4-6-17-7-5-13/h11H,2-9H2,1H3. The SMILES string of the molecule is CC(=O)SC1CC(=O)N(CCN2CCSCC2)C1. The summed E-state index contributed by atoms with van der Waals surface area (Å²) in [5, 5.41) is 0.287. The molecule has 0 bridgehead atoms. The molecule has 2 fully saturated rings. The summed E-state index contributed by atoms with van der Waals surface area (Å²) < 4.78 is 0. The molecule has 2 heterocycles. The minimum Gasteiger partial charge on any atom is -0.340 e. The van der Waals surface area contributed by atoms with Crippen LogP contribution in [0.4, 0.5) is 0 Å². The van der Waals surface area contributed by atoms with Crippen LogP contribution in [0.5, 0.6) is 0 Å². The van der Waals surface area contributed by atoms with E-state index in [4.69, 9.17) is 0 Å². The molecular formula is C12H20N2O2S2. The van der Waals surface area contributed by atoms with Gasteiger partial charge in [-0.05, 0) is 0 Å². The van der Waals surface area contributed by atoms with E-state index in [1.807, 2.05) is 16.7 Å². The summed E-state index contributed by atoms with van der Waals surface area (Å²) in [6, 6.07) is 0. The molecule has 2 saturated heterocycles. The predicted molar refractivity (Wildman–Crippen MR) is 77.0 cm³/mol. The lowest BCUT2D eigenvalue weighted by atomic mass is 10.4. The lowest BCUT2D eigenvalue weighted by Crippen LogP contribution is -2.40. The van der Waals surface area contributed by atoms with Gasteiger partial charge in [0.05, 0.1) is 0 Å². The lowest BCUT2D eigenvalue weighted by molar-refractivity contribution is -0.127. The van der Waals surface area contributed by atoms with Crippen LogP contribution in [-0.2, 0) is 9.59 Å². The van der Waals surface area contributed by atoms with Crippen LogP contribution < -0.4 is 0 Å². The molecule has 0 aromatic heterocycles. The second-order valence-electron chi connectivity index (χ2n) is 4.73. The quantitative estimate of drug-likeness (QED) is 0.769. The summed E-state index contributed by atoms with van der Waals surface area (Å²) in [4.78, 5) is 27.2. The number of carbonyl (C=O) groups excluding carboxylic acids is 2. The van der Waals surface area contributed by atoms with Gasteiger partial charge in [-0.3, -0.25) is 14.5 Å². The van der Waals surface area contributed by atoms with Crippen molar-refractivity contribution in [3.63, 3.8) is 0 Å². The Balaban J connectivity index is 1.72. The van der Waals surface area contributed by atoms with Crippen molar-refractivity contribution in [2.24, 2.45) is 0 Å². The zero-order valence-corrected chi connectivity index (χ0v) is 12.4. The summed E-state index contributed by atoms with van der Waals surface area (Å²) in [5.74, 6) is 2.62. The zero-order valence-electron chi connectivity index (χ0n) is 10.8. The van der Waals surface area contributed by atoms with Crippen LogP contribution in [0.15, 0.2) is 0 Å². The molecule has 18 heavy (non-hydrogen) atoms. The van der Waals surface area contributed by atoms with Crippen LogP contribution >= 0.6 is 23.5 Å². The van der Waals surface area contributed by atoms with Gasteiger partial charge >= 0.3 is 0 Å². The average Bonchev–Trinajstić information content (AvgIpc) is 2.67.